The van der Waals surface area contributed by atoms with Crippen molar-refractivity contribution in [3.05, 3.63) is 0 Å². The van der Waals surface area contributed by atoms with Crippen LogP contribution in [0.5, 0.6) is 0 Å². The topological polar surface area (TPSA) is 0 Å². The molecule has 98 valence electrons. The largest absolute Gasteiger partial charge is 0.119 e. The van der Waals surface area contributed by atoms with Gasteiger partial charge >= 0.3 is 0 Å². The fourth-order valence-electron chi connectivity index (χ4n) is 1.70. The van der Waals surface area contributed by atoms with E-state index >= 15 is 0 Å². The summed E-state index contributed by atoms with van der Waals surface area (Å²) in [6.07, 6.45) is 2.17. The van der Waals surface area contributed by atoms with Crippen molar-refractivity contribution < 1.29 is 0 Å². The molecular formula is C15H31Cl. The van der Waals surface area contributed by atoms with Crippen LogP contribution in [-0.2, 0) is 0 Å². The van der Waals surface area contributed by atoms with E-state index in [9.17, 15) is 0 Å². The molecule has 0 spiro atoms. The highest BCUT2D eigenvalue weighted by Gasteiger charge is 2.45. The Morgan fingerprint density at radius 3 is 1.38 bits per heavy atom. The van der Waals surface area contributed by atoms with E-state index in [1.54, 1.807) is 0 Å². The number of alkyl halides is 1. The zero-order valence-corrected chi connectivity index (χ0v) is 13.5. The molecule has 16 heavy (non-hydrogen) atoms. The molecule has 0 aliphatic heterocycles. The number of rotatable bonds is 4. The molecule has 0 aromatic heterocycles. The summed E-state index contributed by atoms with van der Waals surface area (Å²) in [5.74, 6) is 0. The van der Waals surface area contributed by atoms with Crippen molar-refractivity contribution in [1.29, 1.82) is 0 Å². The van der Waals surface area contributed by atoms with Gasteiger partial charge < -0.3 is 0 Å². The first kappa shape index (κ1) is 16.3. The SMILES string of the molecule is CCC(C)(C)C(C)(Cl)CC(C)(C)C(C)(C)C. The van der Waals surface area contributed by atoms with Gasteiger partial charge in [0.2, 0.25) is 0 Å². The lowest BCUT2D eigenvalue weighted by molar-refractivity contribution is 0.0733. The monoisotopic (exact) mass is 246 g/mol. The lowest BCUT2D eigenvalue weighted by atomic mass is 9.61. The maximum Gasteiger partial charge on any atom is 0.0474 e. The molecule has 0 aromatic carbocycles. The van der Waals surface area contributed by atoms with Crippen LogP contribution in [0, 0.1) is 16.2 Å². The second-order valence-electron chi connectivity index (χ2n) is 7.75. The van der Waals surface area contributed by atoms with Crippen LogP contribution in [0.25, 0.3) is 0 Å². The lowest BCUT2D eigenvalue weighted by Crippen LogP contribution is -2.44. The molecule has 0 fully saturated rings. The van der Waals surface area contributed by atoms with Crippen LogP contribution >= 0.6 is 11.6 Å². The van der Waals surface area contributed by atoms with Gasteiger partial charge in [0, 0.05) is 4.87 Å². The number of halogens is 1. The fraction of sp³-hybridized carbons (Fsp3) is 1.00. The van der Waals surface area contributed by atoms with E-state index in [4.69, 9.17) is 11.6 Å². The van der Waals surface area contributed by atoms with Crippen LogP contribution in [0.4, 0.5) is 0 Å². The van der Waals surface area contributed by atoms with Crippen molar-refractivity contribution in [3.63, 3.8) is 0 Å². The van der Waals surface area contributed by atoms with Gasteiger partial charge in [0.15, 0.2) is 0 Å². The van der Waals surface area contributed by atoms with Crippen LogP contribution in [0.15, 0.2) is 0 Å². The molecule has 0 aromatic rings. The standard InChI is InChI=1S/C15H31Cl/c1-10-13(5,6)15(9,16)11-14(7,8)12(2,3)4/h10-11H2,1-9H3. The molecular weight excluding hydrogens is 216 g/mol. The van der Waals surface area contributed by atoms with E-state index in [1.165, 1.54) is 0 Å². The third-order valence-electron chi connectivity index (χ3n) is 5.10. The highest BCUT2D eigenvalue weighted by Crippen LogP contribution is 2.51. The number of hydrogen-bond donors (Lipinski definition) is 0. The molecule has 0 radical (unpaired) electrons. The summed E-state index contributed by atoms with van der Waals surface area (Å²) in [6.45, 7) is 20.6. The molecule has 1 atom stereocenters. The summed E-state index contributed by atoms with van der Waals surface area (Å²) in [6, 6.07) is 0. The highest BCUT2D eigenvalue weighted by molar-refractivity contribution is 6.24. The average molecular weight is 247 g/mol. The van der Waals surface area contributed by atoms with Gasteiger partial charge in [0.05, 0.1) is 0 Å². The first-order chi connectivity index (χ1) is 6.77. The van der Waals surface area contributed by atoms with Gasteiger partial charge in [0.1, 0.15) is 0 Å². The second-order valence-corrected chi connectivity index (χ2v) is 8.58. The van der Waals surface area contributed by atoms with Crippen LogP contribution in [0.2, 0.25) is 0 Å². The van der Waals surface area contributed by atoms with Crippen molar-refractivity contribution in [2.45, 2.75) is 80.0 Å². The Bertz CT molecular complexity index is 228. The normalized spacial score (nSPS) is 18.4. The van der Waals surface area contributed by atoms with E-state index < -0.39 is 0 Å². The molecule has 0 rings (SSSR count). The first-order valence-corrected chi connectivity index (χ1v) is 6.83. The van der Waals surface area contributed by atoms with E-state index in [2.05, 4.69) is 62.3 Å². The van der Waals surface area contributed by atoms with Gasteiger partial charge in [-0.25, -0.2) is 0 Å². The van der Waals surface area contributed by atoms with E-state index in [1.807, 2.05) is 0 Å². The third kappa shape index (κ3) is 3.39. The minimum Gasteiger partial charge on any atom is -0.119 e. The Labute approximate surface area is 108 Å². The Morgan fingerprint density at radius 1 is 0.750 bits per heavy atom. The summed E-state index contributed by atoms with van der Waals surface area (Å²) >= 11 is 6.82. The van der Waals surface area contributed by atoms with Crippen LogP contribution in [-0.4, -0.2) is 4.87 Å². The van der Waals surface area contributed by atoms with Gasteiger partial charge in [-0.15, -0.1) is 11.6 Å². The van der Waals surface area contributed by atoms with Gasteiger partial charge in [-0.1, -0.05) is 55.4 Å². The minimum atomic E-state index is -0.140. The van der Waals surface area contributed by atoms with Crippen molar-refractivity contribution >= 4 is 11.6 Å². The van der Waals surface area contributed by atoms with Crippen molar-refractivity contribution in [1.82, 2.24) is 0 Å². The minimum absolute atomic E-state index is 0.140. The van der Waals surface area contributed by atoms with Crippen molar-refractivity contribution in [2.24, 2.45) is 16.2 Å². The van der Waals surface area contributed by atoms with Gasteiger partial charge in [-0.3, -0.25) is 0 Å². The third-order valence-corrected chi connectivity index (χ3v) is 5.74. The summed E-state index contributed by atoms with van der Waals surface area (Å²) in [7, 11) is 0. The Kier molecular flexibility index (Phi) is 4.60. The average Bonchev–Trinajstić information content (AvgIpc) is 1.99. The zero-order chi connectivity index (χ0) is 13.4. The predicted molar refractivity (Wildman–Crippen MR) is 76.2 cm³/mol. The van der Waals surface area contributed by atoms with Crippen molar-refractivity contribution in [2.75, 3.05) is 0 Å². The van der Waals surface area contributed by atoms with Crippen molar-refractivity contribution in [3.8, 4) is 0 Å². The lowest BCUT2D eigenvalue weighted by Gasteiger charge is -2.48. The summed E-state index contributed by atoms with van der Waals surface area (Å²) < 4.78 is 0. The van der Waals surface area contributed by atoms with Crippen LogP contribution < -0.4 is 0 Å². The molecule has 1 heteroatoms. The highest BCUT2D eigenvalue weighted by atomic mass is 35.5. The van der Waals surface area contributed by atoms with Gasteiger partial charge in [-0.05, 0) is 36.0 Å². The quantitative estimate of drug-likeness (QED) is 0.543. The maximum absolute atomic E-state index is 6.82. The molecule has 0 nitrogen and oxygen atoms in total. The molecule has 0 N–H and O–H groups in total. The fourth-order valence-corrected chi connectivity index (χ4v) is 2.17. The molecule has 0 bridgehead atoms. The summed E-state index contributed by atoms with van der Waals surface area (Å²) in [4.78, 5) is -0.140. The second kappa shape index (κ2) is 4.52. The van der Waals surface area contributed by atoms with E-state index in [-0.39, 0.29) is 21.1 Å². The summed E-state index contributed by atoms with van der Waals surface area (Å²) in [5.41, 5.74) is 0.708. The number of hydrogen-bond acceptors (Lipinski definition) is 0. The smallest absolute Gasteiger partial charge is 0.0474 e. The first-order valence-electron chi connectivity index (χ1n) is 6.46. The van der Waals surface area contributed by atoms with Crippen LogP contribution in [0.3, 0.4) is 0 Å². The molecule has 0 aliphatic rings. The zero-order valence-electron chi connectivity index (χ0n) is 12.8. The maximum atomic E-state index is 6.82. The van der Waals surface area contributed by atoms with Gasteiger partial charge in [-0.2, -0.15) is 0 Å². The molecule has 0 heterocycles. The summed E-state index contributed by atoms with van der Waals surface area (Å²) in [5, 5.41) is 0. The van der Waals surface area contributed by atoms with E-state index in [0.717, 1.165) is 12.8 Å². The molecule has 0 saturated heterocycles. The van der Waals surface area contributed by atoms with Gasteiger partial charge in [0.25, 0.3) is 0 Å². The Morgan fingerprint density at radius 2 is 1.12 bits per heavy atom. The van der Waals surface area contributed by atoms with E-state index in [0.29, 0.717) is 0 Å². The predicted octanol–water partition coefficient (Wildman–Crippen LogP) is 5.88. The molecule has 1 unspecified atom stereocenters. The molecule has 0 saturated carbocycles. The van der Waals surface area contributed by atoms with Crippen LogP contribution in [0.1, 0.15) is 75.2 Å². The molecule has 0 amide bonds. The molecule has 0 aliphatic carbocycles. The Hall–Kier alpha value is 0.290. The Balaban J connectivity index is 4.99.